The van der Waals surface area contributed by atoms with E-state index in [0.29, 0.717) is 17.0 Å². The molecule has 7 heteroatoms. The summed E-state index contributed by atoms with van der Waals surface area (Å²) in [7, 11) is 0. The Balaban J connectivity index is 1.68. The molecule has 0 unspecified atom stereocenters. The number of nitrogens with one attached hydrogen (secondary N) is 2. The quantitative estimate of drug-likeness (QED) is 0.361. The van der Waals surface area contributed by atoms with E-state index in [2.05, 4.69) is 10.6 Å². The van der Waals surface area contributed by atoms with Gasteiger partial charge >= 0.3 is 5.97 Å². The fraction of sp³-hybridized carbons (Fsp3) is 0.179. The molecular formula is C28H27N3O4. The number of ether oxygens (including phenoxy) is 1. The second-order valence-electron chi connectivity index (χ2n) is 7.93. The number of hydrogen-bond acceptors (Lipinski definition) is 5. The Hall–Kier alpha value is -4.39. The molecule has 0 saturated heterocycles. The Morgan fingerprint density at radius 1 is 0.914 bits per heavy atom. The molecule has 0 bridgehead atoms. The van der Waals surface area contributed by atoms with Crippen molar-refractivity contribution in [3.8, 4) is 0 Å². The van der Waals surface area contributed by atoms with E-state index in [1.165, 1.54) is 4.90 Å². The van der Waals surface area contributed by atoms with Crippen LogP contribution in [0.5, 0.6) is 0 Å². The first-order valence-corrected chi connectivity index (χ1v) is 11.5. The third kappa shape index (κ3) is 5.24. The first kappa shape index (κ1) is 23.8. The first-order chi connectivity index (χ1) is 17.0. The van der Waals surface area contributed by atoms with Gasteiger partial charge in [0.05, 0.1) is 17.9 Å². The summed E-state index contributed by atoms with van der Waals surface area (Å²) in [5.74, 6) is -0.813. The van der Waals surface area contributed by atoms with Crippen molar-refractivity contribution >= 4 is 46.1 Å². The number of nitrogens with zero attached hydrogens (tertiary/aromatic N) is 1. The molecule has 1 aliphatic rings. The van der Waals surface area contributed by atoms with Crippen LogP contribution in [0.2, 0.25) is 0 Å². The fourth-order valence-electron chi connectivity index (χ4n) is 3.97. The van der Waals surface area contributed by atoms with Gasteiger partial charge in [-0.15, -0.1) is 0 Å². The summed E-state index contributed by atoms with van der Waals surface area (Å²) in [5, 5.41) is 6.33. The lowest BCUT2D eigenvalue weighted by molar-refractivity contribution is -0.142. The van der Waals surface area contributed by atoms with Crippen LogP contribution in [-0.4, -0.2) is 30.9 Å². The summed E-state index contributed by atoms with van der Waals surface area (Å²) in [6.07, 6.45) is 0.262. The molecule has 0 aliphatic carbocycles. The zero-order valence-electron chi connectivity index (χ0n) is 19.7. The molecule has 7 nitrogen and oxygen atoms in total. The highest BCUT2D eigenvalue weighted by molar-refractivity contribution is 6.37. The highest BCUT2D eigenvalue weighted by atomic mass is 16.5. The Kier molecular flexibility index (Phi) is 7.26. The Bertz CT molecular complexity index is 1270. The van der Waals surface area contributed by atoms with E-state index in [1.54, 1.807) is 26.0 Å². The molecule has 3 aromatic rings. The second kappa shape index (κ2) is 10.7. The predicted octanol–water partition coefficient (Wildman–Crippen LogP) is 4.93. The maximum absolute atomic E-state index is 12.9. The minimum Gasteiger partial charge on any atom is -0.465 e. The molecule has 2 amide bonds. The number of esters is 1. The minimum absolute atomic E-state index is 0.149. The maximum Gasteiger partial charge on any atom is 0.326 e. The molecular weight excluding hydrogens is 442 g/mol. The lowest BCUT2D eigenvalue weighted by Crippen LogP contribution is -2.36. The molecule has 2 N–H and O–H groups in total. The molecule has 0 radical (unpaired) electrons. The molecule has 0 saturated carbocycles. The van der Waals surface area contributed by atoms with E-state index in [9.17, 15) is 14.4 Å². The minimum atomic E-state index is -0.460. The van der Waals surface area contributed by atoms with Crippen LogP contribution in [0, 0.1) is 0 Å². The number of rotatable bonds is 8. The lowest BCUT2D eigenvalue weighted by Gasteiger charge is -2.22. The van der Waals surface area contributed by atoms with Crippen LogP contribution in [0.4, 0.5) is 17.1 Å². The maximum atomic E-state index is 12.9. The largest absolute Gasteiger partial charge is 0.465 e. The predicted molar refractivity (Wildman–Crippen MR) is 138 cm³/mol. The zero-order chi connectivity index (χ0) is 24.8. The van der Waals surface area contributed by atoms with Gasteiger partial charge in [-0.25, -0.2) is 0 Å². The van der Waals surface area contributed by atoms with Crippen LogP contribution in [-0.2, 0) is 19.1 Å². The highest BCUT2D eigenvalue weighted by Crippen LogP contribution is 2.37. The van der Waals surface area contributed by atoms with Gasteiger partial charge in [-0.3, -0.25) is 14.4 Å². The summed E-state index contributed by atoms with van der Waals surface area (Å²) in [6.45, 7) is 3.58. The van der Waals surface area contributed by atoms with E-state index >= 15 is 0 Å². The average Bonchev–Trinajstić information content (AvgIpc) is 3.22. The second-order valence-corrected chi connectivity index (χ2v) is 7.93. The normalized spacial score (nSPS) is 13.5. The molecule has 3 aromatic carbocycles. The van der Waals surface area contributed by atoms with Crippen molar-refractivity contribution in [2.24, 2.45) is 0 Å². The number of carbonyl (C=O) groups excluding carboxylic acids is 3. The van der Waals surface area contributed by atoms with Gasteiger partial charge in [-0.1, -0.05) is 55.5 Å². The lowest BCUT2D eigenvalue weighted by atomic mass is 10.00. The van der Waals surface area contributed by atoms with E-state index < -0.39 is 5.97 Å². The Morgan fingerprint density at radius 2 is 1.60 bits per heavy atom. The van der Waals surface area contributed by atoms with Crippen molar-refractivity contribution < 1.29 is 19.1 Å². The molecule has 35 heavy (non-hydrogen) atoms. The third-order valence-corrected chi connectivity index (χ3v) is 5.63. The molecule has 4 rings (SSSR count). The van der Waals surface area contributed by atoms with Gasteiger partial charge in [0.2, 0.25) is 5.91 Å². The zero-order valence-corrected chi connectivity index (χ0v) is 19.7. The van der Waals surface area contributed by atoms with Gasteiger partial charge in [0, 0.05) is 29.0 Å². The van der Waals surface area contributed by atoms with Gasteiger partial charge in [-0.05, 0) is 42.8 Å². The summed E-state index contributed by atoms with van der Waals surface area (Å²) in [4.78, 5) is 38.9. The number of anilines is 3. The van der Waals surface area contributed by atoms with Gasteiger partial charge < -0.3 is 20.3 Å². The summed E-state index contributed by atoms with van der Waals surface area (Å²) in [5.41, 5.74) is 5.02. The topological polar surface area (TPSA) is 87.7 Å². The number of para-hydroxylation sites is 1. The van der Waals surface area contributed by atoms with Crippen LogP contribution in [0.3, 0.4) is 0 Å². The van der Waals surface area contributed by atoms with Crippen molar-refractivity contribution in [2.75, 3.05) is 28.7 Å². The van der Waals surface area contributed by atoms with Crippen LogP contribution < -0.4 is 15.5 Å². The third-order valence-electron chi connectivity index (χ3n) is 5.63. The summed E-state index contributed by atoms with van der Waals surface area (Å²) < 4.78 is 5.02. The van der Waals surface area contributed by atoms with Crippen molar-refractivity contribution in [1.82, 2.24) is 0 Å². The van der Waals surface area contributed by atoms with Gasteiger partial charge in [0.15, 0.2) is 0 Å². The molecule has 1 aliphatic heterocycles. The summed E-state index contributed by atoms with van der Waals surface area (Å²) >= 11 is 0. The summed E-state index contributed by atoms with van der Waals surface area (Å²) in [6, 6.07) is 24.4. The Morgan fingerprint density at radius 3 is 2.29 bits per heavy atom. The van der Waals surface area contributed by atoms with E-state index in [0.717, 1.165) is 22.5 Å². The van der Waals surface area contributed by atoms with Gasteiger partial charge in [0.1, 0.15) is 6.54 Å². The monoisotopic (exact) mass is 469 g/mol. The van der Waals surface area contributed by atoms with Gasteiger partial charge in [-0.2, -0.15) is 0 Å². The first-order valence-electron chi connectivity index (χ1n) is 11.5. The number of hydrogen-bond donors (Lipinski definition) is 2. The number of carbonyl (C=O) groups is 3. The van der Waals surface area contributed by atoms with Crippen molar-refractivity contribution in [3.63, 3.8) is 0 Å². The van der Waals surface area contributed by atoms with E-state index in [-0.39, 0.29) is 31.4 Å². The van der Waals surface area contributed by atoms with Crippen molar-refractivity contribution in [3.05, 3.63) is 90.0 Å². The molecule has 178 valence electrons. The standard InChI is InChI=1S/C28H27N3O4/c1-3-24(32)31(18-25(33)35-4-2)21-16-14-20(15-17-21)29-27(19-10-6-5-7-11-19)26-22-12-8-9-13-23(22)30-28(26)34/h5-17,29H,3-4,18H2,1-2H3,(H,30,34)/b27-26-. The van der Waals surface area contributed by atoms with Crippen LogP contribution in [0.25, 0.3) is 11.3 Å². The number of amides is 2. The number of fused-ring (bicyclic) bond motifs is 1. The van der Waals surface area contributed by atoms with E-state index in [1.807, 2.05) is 66.7 Å². The molecule has 0 fully saturated rings. The smallest absolute Gasteiger partial charge is 0.326 e. The average molecular weight is 470 g/mol. The van der Waals surface area contributed by atoms with Crippen LogP contribution in [0.1, 0.15) is 31.4 Å². The van der Waals surface area contributed by atoms with Crippen LogP contribution >= 0.6 is 0 Å². The Labute approximate surface area is 204 Å². The van der Waals surface area contributed by atoms with Gasteiger partial charge in [0.25, 0.3) is 5.91 Å². The molecule has 1 heterocycles. The highest BCUT2D eigenvalue weighted by Gasteiger charge is 2.28. The van der Waals surface area contributed by atoms with Crippen molar-refractivity contribution in [1.29, 1.82) is 0 Å². The molecule has 0 atom stereocenters. The SMILES string of the molecule is CCOC(=O)CN(C(=O)CC)c1ccc(N/C(=C2\C(=O)Nc3ccccc32)c2ccccc2)cc1. The van der Waals surface area contributed by atoms with Crippen LogP contribution in [0.15, 0.2) is 78.9 Å². The number of benzene rings is 3. The van der Waals surface area contributed by atoms with Crippen molar-refractivity contribution in [2.45, 2.75) is 20.3 Å². The molecule has 0 aromatic heterocycles. The molecule has 0 spiro atoms. The fourth-order valence-corrected chi connectivity index (χ4v) is 3.97. The van der Waals surface area contributed by atoms with E-state index in [4.69, 9.17) is 4.74 Å².